The standard InChI is InChI=1S/C30H34FN7O3/c1-17-25(13-23-22-12-21(31)7-8-24(22)37-28(23)39)36-18(2)27(17)29(40)33-9-5-3-4-6-10-34-30(41)38-15-19-11-26(32)35-14-20(19)16-38/h7-8,11-14,36H,3-6,9-10,15-16H2,1-2H3,(H2,32,35)(H,33,40)(H,34,41)(H,37,39)/b23-13-. The molecule has 0 bridgehead atoms. The molecule has 10 nitrogen and oxygen atoms in total. The van der Waals surface area contributed by atoms with Crippen molar-refractivity contribution < 1.29 is 18.8 Å². The van der Waals surface area contributed by atoms with Gasteiger partial charge in [0.2, 0.25) is 0 Å². The molecular formula is C30H34FN7O3. The second-order valence-corrected chi connectivity index (χ2v) is 10.5. The second-order valence-electron chi connectivity index (χ2n) is 10.5. The molecule has 5 rings (SSSR count). The molecule has 0 atom stereocenters. The largest absolute Gasteiger partial charge is 0.384 e. The Hall–Kier alpha value is -4.67. The number of hydrogen-bond donors (Lipinski definition) is 5. The number of urea groups is 1. The normalized spacial score (nSPS) is 14.7. The lowest BCUT2D eigenvalue weighted by Gasteiger charge is -2.16. The number of carbonyl (C=O) groups excluding carboxylic acids is 3. The molecular weight excluding hydrogens is 525 g/mol. The summed E-state index contributed by atoms with van der Waals surface area (Å²) in [5.41, 5.74) is 11.8. The number of aryl methyl sites for hydroxylation is 1. The van der Waals surface area contributed by atoms with E-state index in [2.05, 4.69) is 25.9 Å². The molecule has 0 fully saturated rings. The second kappa shape index (κ2) is 11.8. The van der Waals surface area contributed by atoms with Crippen LogP contribution in [-0.4, -0.2) is 45.8 Å². The summed E-state index contributed by atoms with van der Waals surface area (Å²) in [5, 5.41) is 8.69. The van der Waals surface area contributed by atoms with Crippen LogP contribution in [0.2, 0.25) is 0 Å². The van der Waals surface area contributed by atoms with E-state index in [0.717, 1.165) is 42.4 Å². The van der Waals surface area contributed by atoms with Gasteiger partial charge in [0.15, 0.2) is 0 Å². The minimum atomic E-state index is -0.423. The van der Waals surface area contributed by atoms with Gasteiger partial charge in [-0.2, -0.15) is 0 Å². The highest BCUT2D eigenvalue weighted by atomic mass is 19.1. The first kappa shape index (κ1) is 27.9. The Balaban J connectivity index is 1.04. The average Bonchev–Trinajstić information content (AvgIpc) is 3.58. The minimum absolute atomic E-state index is 0.0933. The number of nitrogens with two attached hydrogens (primary N) is 1. The van der Waals surface area contributed by atoms with E-state index in [1.165, 1.54) is 18.2 Å². The van der Waals surface area contributed by atoms with Crippen molar-refractivity contribution in [1.29, 1.82) is 0 Å². The minimum Gasteiger partial charge on any atom is -0.384 e. The maximum atomic E-state index is 13.8. The van der Waals surface area contributed by atoms with E-state index in [9.17, 15) is 18.8 Å². The molecule has 11 heteroatoms. The highest BCUT2D eigenvalue weighted by molar-refractivity contribution is 6.34. The predicted molar refractivity (Wildman–Crippen MR) is 155 cm³/mol. The van der Waals surface area contributed by atoms with E-state index in [4.69, 9.17) is 5.73 Å². The molecule has 4 heterocycles. The lowest BCUT2D eigenvalue weighted by molar-refractivity contribution is -0.110. The summed E-state index contributed by atoms with van der Waals surface area (Å²) in [7, 11) is 0. The lowest BCUT2D eigenvalue weighted by Crippen LogP contribution is -2.36. The Kier molecular flexibility index (Phi) is 8.04. The van der Waals surface area contributed by atoms with Crippen LogP contribution < -0.4 is 21.7 Å². The highest BCUT2D eigenvalue weighted by Crippen LogP contribution is 2.34. The molecule has 4 amide bonds. The number of halogens is 1. The zero-order chi connectivity index (χ0) is 29.1. The van der Waals surface area contributed by atoms with Gasteiger partial charge in [0.05, 0.1) is 11.1 Å². The predicted octanol–water partition coefficient (Wildman–Crippen LogP) is 4.26. The van der Waals surface area contributed by atoms with Crippen LogP contribution in [0.25, 0.3) is 11.6 Å². The maximum absolute atomic E-state index is 13.8. The molecule has 0 unspecified atom stereocenters. The van der Waals surface area contributed by atoms with E-state index in [-0.39, 0.29) is 17.8 Å². The zero-order valence-electron chi connectivity index (χ0n) is 23.2. The first-order valence-corrected chi connectivity index (χ1v) is 13.8. The Labute approximate surface area is 237 Å². The summed E-state index contributed by atoms with van der Waals surface area (Å²) in [6, 6.07) is 5.89. The molecule has 2 aliphatic heterocycles. The summed E-state index contributed by atoms with van der Waals surface area (Å²) in [5.74, 6) is -0.456. The van der Waals surface area contributed by atoms with Crippen molar-refractivity contribution in [3.05, 3.63) is 75.5 Å². The maximum Gasteiger partial charge on any atom is 0.318 e. The number of nitrogens with zero attached hydrogens (tertiary/aromatic N) is 2. The number of nitrogens with one attached hydrogen (secondary N) is 4. The van der Waals surface area contributed by atoms with Crippen molar-refractivity contribution in [1.82, 2.24) is 25.5 Å². The smallest absolute Gasteiger partial charge is 0.318 e. The van der Waals surface area contributed by atoms with Crippen molar-refractivity contribution in [3.8, 4) is 0 Å². The number of unbranched alkanes of at least 4 members (excludes halogenated alkanes) is 3. The summed E-state index contributed by atoms with van der Waals surface area (Å²) in [6.07, 6.45) is 6.91. The molecule has 3 aromatic rings. The molecule has 0 spiro atoms. The van der Waals surface area contributed by atoms with Crippen molar-refractivity contribution in [3.63, 3.8) is 0 Å². The number of hydrogen-bond acceptors (Lipinski definition) is 5. The number of rotatable bonds is 9. The van der Waals surface area contributed by atoms with Crippen LogP contribution in [0.1, 0.15) is 69.7 Å². The van der Waals surface area contributed by atoms with Gasteiger partial charge in [0.1, 0.15) is 11.6 Å². The Bertz CT molecular complexity index is 1550. The van der Waals surface area contributed by atoms with Crippen LogP contribution in [-0.2, 0) is 17.9 Å². The topological polar surface area (TPSA) is 145 Å². The molecule has 1 aromatic carbocycles. The van der Waals surface area contributed by atoms with E-state index >= 15 is 0 Å². The third-order valence-electron chi connectivity index (χ3n) is 7.54. The van der Waals surface area contributed by atoms with Crippen LogP contribution in [0, 0.1) is 19.7 Å². The number of carbonyl (C=O) groups is 3. The van der Waals surface area contributed by atoms with Crippen LogP contribution in [0.3, 0.4) is 0 Å². The van der Waals surface area contributed by atoms with Gasteiger partial charge >= 0.3 is 6.03 Å². The fourth-order valence-electron chi connectivity index (χ4n) is 5.35. The monoisotopic (exact) mass is 559 g/mol. The van der Waals surface area contributed by atoms with E-state index in [0.29, 0.717) is 65.8 Å². The number of H-pyrrole nitrogens is 1. The molecule has 6 N–H and O–H groups in total. The number of aromatic amines is 1. The molecule has 2 aliphatic rings. The number of amides is 4. The first-order chi connectivity index (χ1) is 19.7. The van der Waals surface area contributed by atoms with Gasteiger partial charge in [-0.15, -0.1) is 0 Å². The number of pyridine rings is 1. The molecule has 0 radical (unpaired) electrons. The van der Waals surface area contributed by atoms with Gasteiger partial charge in [-0.05, 0) is 73.7 Å². The van der Waals surface area contributed by atoms with Crippen molar-refractivity contribution in [2.45, 2.75) is 52.6 Å². The Morgan fingerprint density at radius 3 is 2.59 bits per heavy atom. The van der Waals surface area contributed by atoms with Gasteiger partial charge in [-0.25, -0.2) is 14.2 Å². The van der Waals surface area contributed by atoms with Gasteiger partial charge in [-0.1, -0.05) is 12.8 Å². The average molecular weight is 560 g/mol. The molecule has 0 aliphatic carbocycles. The van der Waals surface area contributed by atoms with E-state index < -0.39 is 5.82 Å². The number of aromatic nitrogens is 2. The molecule has 0 saturated carbocycles. The van der Waals surface area contributed by atoms with Crippen LogP contribution >= 0.6 is 0 Å². The fourth-order valence-corrected chi connectivity index (χ4v) is 5.35. The third-order valence-corrected chi connectivity index (χ3v) is 7.54. The summed E-state index contributed by atoms with van der Waals surface area (Å²) < 4.78 is 13.8. The Morgan fingerprint density at radius 2 is 1.80 bits per heavy atom. The zero-order valence-corrected chi connectivity index (χ0v) is 23.2. The number of fused-ring (bicyclic) bond motifs is 2. The quantitative estimate of drug-likeness (QED) is 0.197. The molecule has 214 valence electrons. The van der Waals surface area contributed by atoms with E-state index in [1.54, 1.807) is 17.2 Å². The molecule has 2 aromatic heterocycles. The van der Waals surface area contributed by atoms with Crippen LogP contribution in [0.5, 0.6) is 0 Å². The highest BCUT2D eigenvalue weighted by Gasteiger charge is 2.26. The number of nitrogen functional groups attached to an aromatic ring is 1. The molecule has 0 saturated heterocycles. The number of anilines is 2. The van der Waals surface area contributed by atoms with Gasteiger partial charge in [-0.3, -0.25) is 9.59 Å². The number of benzene rings is 1. The molecule has 41 heavy (non-hydrogen) atoms. The van der Waals surface area contributed by atoms with Crippen molar-refractivity contribution >= 4 is 41.0 Å². The van der Waals surface area contributed by atoms with E-state index in [1.807, 2.05) is 19.9 Å². The van der Waals surface area contributed by atoms with Crippen molar-refractivity contribution in [2.24, 2.45) is 0 Å². The van der Waals surface area contributed by atoms with Crippen LogP contribution in [0.4, 0.5) is 20.7 Å². The van der Waals surface area contributed by atoms with Crippen molar-refractivity contribution in [2.75, 3.05) is 24.1 Å². The third kappa shape index (κ3) is 6.08. The summed E-state index contributed by atoms with van der Waals surface area (Å²) in [6.45, 7) is 5.84. The fraction of sp³-hybridized carbons (Fsp3) is 0.333. The van der Waals surface area contributed by atoms with Gasteiger partial charge < -0.3 is 31.6 Å². The van der Waals surface area contributed by atoms with Gasteiger partial charge in [0.25, 0.3) is 11.8 Å². The summed E-state index contributed by atoms with van der Waals surface area (Å²) >= 11 is 0. The first-order valence-electron chi connectivity index (χ1n) is 13.8. The van der Waals surface area contributed by atoms with Crippen LogP contribution in [0.15, 0.2) is 30.5 Å². The Morgan fingerprint density at radius 1 is 1.07 bits per heavy atom. The summed E-state index contributed by atoms with van der Waals surface area (Å²) in [4.78, 5) is 46.9. The van der Waals surface area contributed by atoms with Gasteiger partial charge in [0, 0.05) is 55.0 Å². The SMILES string of the molecule is Cc1[nH]c(/C=C2\C(=O)Nc3ccc(F)cc32)c(C)c1C(=O)NCCCCCCNC(=O)N1Cc2cnc(N)cc2C1. The lowest BCUT2D eigenvalue weighted by atomic mass is 10.0.